The number of ketones is 1. The van der Waals surface area contributed by atoms with Crippen LogP contribution < -0.4 is 5.30 Å². The molecule has 1 aliphatic carbocycles. The lowest BCUT2D eigenvalue weighted by Gasteiger charge is -2.49. The van der Waals surface area contributed by atoms with Crippen LogP contribution in [0.25, 0.3) is 0 Å². The van der Waals surface area contributed by atoms with Crippen LogP contribution in [0.15, 0.2) is 91.0 Å². The molecule has 0 N–H and O–H groups in total. The molecule has 2 fully saturated rings. The van der Waals surface area contributed by atoms with E-state index in [4.69, 9.17) is 0 Å². The van der Waals surface area contributed by atoms with Gasteiger partial charge in [-0.25, -0.2) is 0 Å². The molecule has 3 heteroatoms. The van der Waals surface area contributed by atoms with Gasteiger partial charge in [-0.2, -0.15) is 0 Å². The highest BCUT2D eigenvalue weighted by Crippen LogP contribution is 2.65. The summed E-state index contributed by atoms with van der Waals surface area (Å²) in [6.07, 6.45) is 4.83. The number of Topliss-reactive ketones (excluding diaryl/α,β-unsaturated/α-hetero) is 1. The molecule has 2 aliphatic rings. The minimum absolute atomic E-state index is 0.130. The molecule has 3 aromatic carbocycles. The molecule has 0 amide bonds. The second-order valence-corrected chi connectivity index (χ2v) is 12.2. The Morgan fingerprint density at radius 2 is 1.32 bits per heavy atom. The van der Waals surface area contributed by atoms with Gasteiger partial charge in [-0.05, 0) is 30.2 Å². The summed E-state index contributed by atoms with van der Waals surface area (Å²) >= 11 is 0. The van der Waals surface area contributed by atoms with Crippen LogP contribution in [0.5, 0.6) is 0 Å². The highest BCUT2D eigenvalue weighted by molar-refractivity contribution is 7.72. The Balaban J connectivity index is 1.65. The van der Waals surface area contributed by atoms with E-state index in [0.717, 1.165) is 36.6 Å². The van der Waals surface area contributed by atoms with Crippen molar-refractivity contribution in [3.05, 3.63) is 102 Å². The van der Waals surface area contributed by atoms with Gasteiger partial charge in [0.05, 0.1) is 0 Å². The standard InChI is InChI=1S/C28H29O2P/c29-28(22-14-6-2-7-15-22)25-20-31(30,23-16-8-3-9-17-23)26-19-11-10-18-24(26)27(25)21-12-4-1-5-13-21/h1-9,12-17,24-27H,10-11,18-20H2. The summed E-state index contributed by atoms with van der Waals surface area (Å²) in [4.78, 5) is 13.9. The second kappa shape index (κ2) is 8.60. The minimum atomic E-state index is -2.71. The molecule has 3 aromatic rings. The first kappa shape index (κ1) is 20.5. The molecular weight excluding hydrogens is 399 g/mol. The lowest BCUT2D eigenvalue weighted by molar-refractivity contribution is 0.0873. The van der Waals surface area contributed by atoms with Gasteiger partial charge < -0.3 is 4.57 Å². The third-order valence-corrected chi connectivity index (χ3v) is 11.3. The average Bonchev–Trinajstić information content (AvgIpc) is 2.85. The third-order valence-electron chi connectivity index (χ3n) is 7.45. The van der Waals surface area contributed by atoms with Crippen molar-refractivity contribution in [2.75, 3.05) is 6.16 Å². The van der Waals surface area contributed by atoms with Crippen LogP contribution in [-0.4, -0.2) is 17.6 Å². The number of fused-ring (bicyclic) bond motifs is 1. The maximum atomic E-state index is 14.8. The fourth-order valence-corrected chi connectivity index (χ4v) is 10.2. The number of benzene rings is 3. The molecule has 5 atom stereocenters. The highest BCUT2D eigenvalue weighted by Gasteiger charge is 2.53. The zero-order valence-electron chi connectivity index (χ0n) is 17.8. The zero-order valence-corrected chi connectivity index (χ0v) is 18.7. The van der Waals surface area contributed by atoms with Gasteiger partial charge in [0.25, 0.3) is 0 Å². The maximum absolute atomic E-state index is 14.8. The number of carbonyl (C=O) groups is 1. The smallest absolute Gasteiger partial charge is 0.167 e. The zero-order chi connectivity index (χ0) is 21.3. The van der Waals surface area contributed by atoms with E-state index >= 15 is 0 Å². The minimum Gasteiger partial charge on any atom is -0.318 e. The monoisotopic (exact) mass is 428 g/mol. The first-order chi connectivity index (χ1) is 15.2. The van der Waals surface area contributed by atoms with Crippen molar-refractivity contribution >= 4 is 18.2 Å². The Morgan fingerprint density at radius 3 is 2.00 bits per heavy atom. The second-order valence-electron chi connectivity index (χ2n) is 9.10. The lowest BCUT2D eigenvalue weighted by Crippen LogP contribution is -2.45. The maximum Gasteiger partial charge on any atom is 0.167 e. The third kappa shape index (κ3) is 3.72. The quantitative estimate of drug-likeness (QED) is 0.350. The van der Waals surface area contributed by atoms with E-state index in [1.54, 1.807) is 0 Å². The van der Waals surface area contributed by atoms with Crippen LogP contribution in [0.1, 0.15) is 47.5 Å². The van der Waals surface area contributed by atoms with Gasteiger partial charge in [0.15, 0.2) is 5.78 Å². The molecule has 1 heterocycles. The molecule has 1 saturated heterocycles. The van der Waals surface area contributed by atoms with Crippen LogP contribution in [0.2, 0.25) is 0 Å². The molecule has 0 aromatic heterocycles. The molecule has 0 bridgehead atoms. The fraction of sp³-hybridized carbons (Fsp3) is 0.321. The van der Waals surface area contributed by atoms with Crippen molar-refractivity contribution in [1.29, 1.82) is 0 Å². The van der Waals surface area contributed by atoms with E-state index in [0.29, 0.717) is 6.16 Å². The Kier molecular flexibility index (Phi) is 5.67. The van der Waals surface area contributed by atoms with E-state index < -0.39 is 7.14 Å². The Morgan fingerprint density at radius 1 is 0.742 bits per heavy atom. The summed E-state index contributed by atoms with van der Waals surface area (Å²) in [5.41, 5.74) is 2.14. The van der Waals surface area contributed by atoms with E-state index in [9.17, 15) is 9.36 Å². The van der Waals surface area contributed by atoms with Crippen LogP contribution in [0.4, 0.5) is 0 Å². The fourth-order valence-electron chi connectivity index (χ4n) is 6.11. The van der Waals surface area contributed by atoms with E-state index in [1.807, 2.05) is 66.7 Å². The van der Waals surface area contributed by atoms with Crippen molar-refractivity contribution in [3.63, 3.8) is 0 Å². The van der Waals surface area contributed by atoms with E-state index in [-0.39, 0.29) is 29.2 Å². The van der Waals surface area contributed by atoms with Crippen molar-refractivity contribution in [3.8, 4) is 0 Å². The summed E-state index contributed by atoms with van der Waals surface area (Å²) in [6.45, 7) is 0. The molecule has 1 saturated carbocycles. The Bertz CT molecular complexity index is 1080. The Hall–Kier alpha value is -2.44. The first-order valence-electron chi connectivity index (χ1n) is 11.5. The molecule has 158 valence electrons. The number of rotatable bonds is 4. The lowest BCUT2D eigenvalue weighted by atomic mass is 9.69. The van der Waals surface area contributed by atoms with E-state index in [1.165, 1.54) is 5.56 Å². The molecule has 5 rings (SSSR count). The largest absolute Gasteiger partial charge is 0.318 e. The molecule has 31 heavy (non-hydrogen) atoms. The van der Waals surface area contributed by atoms with Gasteiger partial charge >= 0.3 is 0 Å². The number of hydrogen-bond acceptors (Lipinski definition) is 2. The summed E-state index contributed by atoms with van der Waals surface area (Å²) in [7, 11) is -2.71. The van der Waals surface area contributed by atoms with E-state index in [2.05, 4.69) is 24.3 Å². The number of carbonyl (C=O) groups excluding carboxylic acids is 1. The molecular formula is C28H29O2P. The van der Waals surface area contributed by atoms with Crippen LogP contribution in [-0.2, 0) is 4.57 Å². The summed E-state index contributed by atoms with van der Waals surface area (Å²) in [5.74, 6) is 0.309. The summed E-state index contributed by atoms with van der Waals surface area (Å²) in [6, 6.07) is 30.1. The van der Waals surface area contributed by atoms with Crippen molar-refractivity contribution in [1.82, 2.24) is 0 Å². The van der Waals surface area contributed by atoms with Crippen LogP contribution in [0.3, 0.4) is 0 Å². The highest BCUT2D eigenvalue weighted by atomic mass is 31.2. The molecule has 2 nitrogen and oxygen atoms in total. The number of hydrogen-bond donors (Lipinski definition) is 0. The Labute approximate surface area is 185 Å². The van der Waals surface area contributed by atoms with Crippen LogP contribution in [0, 0.1) is 11.8 Å². The molecule has 0 spiro atoms. The van der Waals surface area contributed by atoms with Crippen molar-refractivity contribution in [2.24, 2.45) is 11.8 Å². The topological polar surface area (TPSA) is 34.1 Å². The predicted molar refractivity (Wildman–Crippen MR) is 128 cm³/mol. The summed E-state index contributed by atoms with van der Waals surface area (Å²) in [5, 5.41) is 0.962. The van der Waals surface area contributed by atoms with Crippen molar-refractivity contribution in [2.45, 2.75) is 37.3 Å². The SMILES string of the molecule is O=C(c1ccccc1)C1CP(=O)(c2ccccc2)C2CCCCC2C1c1ccccc1. The van der Waals surface area contributed by atoms with Crippen molar-refractivity contribution < 1.29 is 9.36 Å². The molecule has 5 unspecified atom stereocenters. The van der Waals surface area contributed by atoms with Crippen LogP contribution >= 0.6 is 7.14 Å². The van der Waals surface area contributed by atoms with Gasteiger partial charge in [0.1, 0.15) is 7.14 Å². The molecule has 1 aliphatic heterocycles. The van der Waals surface area contributed by atoms with Gasteiger partial charge in [-0.15, -0.1) is 0 Å². The van der Waals surface area contributed by atoms with Gasteiger partial charge in [-0.3, -0.25) is 4.79 Å². The normalized spacial score (nSPS) is 30.3. The average molecular weight is 429 g/mol. The predicted octanol–water partition coefficient (Wildman–Crippen LogP) is 6.53. The van der Waals surface area contributed by atoms with Gasteiger partial charge in [-0.1, -0.05) is 104 Å². The van der Waals surface area contributed by atoms with Gasteiger partial charge in [0, 0.05) is 28.6 Å². The summed E-state index contributed by atoms with van der Waals surface area (Å²) < 4.78 is 14.8. The first-order valence-corrected chi connectivity index (χ1v) is 13.4. The van der Waals surface area contributed by atoms with Gasteiger partial charge in [0.2, 0.25) is 0 Å². The molecule has 0 radical (unpaired) electrons.